The molecule has 3 aromatic rings. The number of sulfone groups is 1. The van der Waals surface area contributed by atoms with Crippen LogP contribution in [0.25, 0.3) is 6.20 Å². The van der Waals surface area contributed by atoms with Gasteiger partial charge in [0.05, 0.1) is 21.4 Å². The quantitative estimate of drug-likeness (QED) is 0.322. The third kappa shape index (κ3) is 5.92. The van der Waals surface area contributed by atoms with E-state index in [-0.39, 0.29) is 27.3 Å². The molecule has 2 aromatic carbocycles. The van der Waals surface area contributed by atoms with Crippen molar-refractivity contribution in [1.29, 1.82) is 0 Å². The summed E-state index contributed by atoms with van der Waals surface area (Å²) < 4.78 is 33.1. The molecule has 0 fully saturated rings. The van der Waals surface area contributed by atoms with E-state index < -0.39 is 9.84 Å². The lowest BCUT2D eigenvalue weighted by Crippen LogP contribution is -2.23. The molecule has 1 aromatic heterocycles. The van der Waals surface area contributed by atoms with E-state index in [4.69, 9.17) is 16.3 Å². The van der Waals surface area contributed by atoms with Gasteiger partial charge in [0.15, 0.2) is 0 Å². The largest absolute Gasteiger partial charge is 0.492 e. The van der Waals surface area contributed by atoms with Crippen molar-refractivity contribution in [2.75, 3.05) is 6.61 Å². The van der Waals surface area contributed by atoms with Crippen molar-refractivity contribution in [1.82, 2.24) is 14.9 Å². The van der Waals surface area contributed by atoms with Gasteiger partial charge in [-0.3, -0.25) is 9.36 Å². The molecule has 178 valence electrons. The fourth-order valence-corrected chi connectivity index (χ4v) is 4.60. The first kappa shape index (κ1) is 25.2. The summed E-state index contributed by atoms with van der Waals surface area (Å²) in [5, 5.41) is 3.04. The molecule has 1 N–H and O–H groups in total. The number of hydrogen-bond donors (Lipinski definition) is 1. The van der Waals surface area contributed by atoms with Crippen molar-refractivity contribution in [3.8, 4) is 5.75 Å². The zero-order valence-corrected chi connectivity index (χ0v) is 20.4. The fourth-order valence-electron chi connectivity index (χ4n) is 3.02. The van der Waals surface area contributed by atoms with Gasteiger partial charge in [0, 0.05) is 30.7 Å². The van der Waals surface area contributed by atoms with Gasteiger partial charge in [0.2, 0.25) is 21.7 Å². The van der Waals surface area contributed by atoms with Gasteiger partial charge in [-0.2, -0.15) is 0 Å². The predicted molar refractivity (Wildman–Crippen MR) is 132 cm³/mol. The highest BCUT2D eigenvalue weighted by atomic mass is 35.5. The molecule has 0 aliphatic heterocycles. The molecule has 34 heavy (non-hydrogen) atoms. The third-order valence-electron chi connectivity index (χ3n) is 4.84. The first-order valence-corrected chi connectivity index (χ1v) is 12.3. The molecule has 0 unspecified atom stereocenters. The number of carbonyl (C=O) groups excluding carboxylic acids is 1. The maximum atomic E-state index is 13.0. The molecule has 0 bridgehead atoms. The van der Waals surface area contributed by atoms with Crippen LogP contribution in [0.15, 0.2) is 75.2 Å². The van der Waals surface area contributed by atoms with Crippen LogP contribution in [0.4, 0.5) is 5.95 Å². The number of rotatable bonds is 10. The van der Waals surface area contributed by atoms with Crippen molar-refractivity contribution in [3.63, 3.8) is 0 Å². The summed E-state index contributed by atoms with van der Waals surface area (Å²) in [4.78, 5) is 20.4. The number of hydrogen-bond acceptors (Lipinski definition) is 6. The average Bonchev–Trinajstić information content (AvgIpc) is 3.28. The fraction of sp³-hybridized carbons (Fsp3) is 0.208. The molecule has 0 spiro atoms. The molecule has 10 heteroatoms. The number of imidazole rings is 1. The zero-order valence-electron chi connectivity index (χ0n) is 18.9. The van der Waals surface area contributed by atoms with Crippen LogP contribution in [-0.4, -0.2) is 37.2 Å². The lowest BCUT2D eigenvalue weighted by atomic mass is 10.2. The summed E-state index contributed by atoms with van der Waals surface area (Å²) in [5.74, 6) is 0.553. The highest BCUT2D eigenvalue weighted by molar-refractivity contribution is 7.91. The Morgan fingerprint density at radius 1 is 1.24 bits per heavy atom. The number of nitrogens with one attached hydrogen (secondary N) is 1. The normalized spacial score (nSPS) is 11.8. The van der Waals surface area contributed by atoms with Gasteiger partial charge in [-0.1, -0.05) is 30.7 Å². The van der Waals surface area contributed by atoms with Crippen LogP contribution >= 0.6 is 11.6 Å². The van der Waals surface area contributed by atoms with E-state index in [1.54, 1.807) is 48.3 Å². The molecule has 1 heterocycles. The standard InChI is InChI=1S/C24H25ClN4O4S/c1-4-13-33-22-10-9-20(14-21(22)25)34(31,32)19-7-5-18(6-8-19)15-28-23(30)17(2)16-29-12-11-27-24(29)26-3/h5-12,14,16H,3-4,13,15H2,1-2H3,(H,28,30)/b17-16+. The number of ether oxygens (including phenoxy) is 1. The van der Waals surface area contributed by atoms with E-state index in [1.165, 1.54) is 24.3 Å². The first-order chi connectivity index (χ1) is 16.3. The van der Waals surface area contributed by atoms with E-state index in [2.05, 4.69) is 22.0 Å². The number of benzene rings is 2. The summed E-state index contributed by atoms with van der Waals surface area (Å²) >= 11 is 6.19. The Morgan fingerprint density at radius 3 is 2.59 bits per heavy atom. The van der Waals surface area contributed by atoms with Crippen molar-refractivity contribution in [3.05, 3.63) is 71.0 Å². The summed E-state index contributed by atoms with van der Waals surface area (Å²) in [6.45, 7) is 7.80. The first-order valence-electron chi connectivity index (χ1n) is 10.5. The maximum absolute atomic E-state index is 13.0. The Hall–Kier alpha value is -3.43. The molecule has 0 aliphatic carbocycles. The monoisotopic (exact) mass is 500 g/mol. The molecule has 0 atom stereocenters. The van der Waals surface area contributed by atoms with Gasteiger partial charge >= 0.3 is 0 Å². The van der Waals surface area contributed by atoms with Crippen LogP contribution < -0.4 is 10.1 Å². The smallest absolute Gasteiger partial charge is 0.248 e. The van der Waals surface area contributed by atoms with Crippen molar-refractivity contribution in [2.45, 2.75) is 36.6 Å². The van der Waals surface area contributed by atoms with Crippen molar-refractivity contribution in [2.24, 2.45) is 4.99 Å². The molecular weight excluding hydrogens is 476 g/mol. The van der Waals surface area contributed by atoms with E-state index in [0.717, 1.165) is 12.0 Å². The third-order valence-corrected chi connectivity index (χ3v) is 6.91. The molecule has 8 nitrogen and oxygen atoms in total. The second kappa shape index (κ2) is 11.1. The lowest BCUT2D eigenvalue weighted by molar-refractivity contribution is -0.117. The van der Waals surface area contributed by atoms with Gasteiger partial charge in [0.25, 0.3) is 0 Å². The topological polar surface area (TPSA) is 103 Å². The van der Waals surface area contributed by atoms with Crippen molar-refractivity contribution >= 4 is 46.2 Å². The van der Waals surface area contributed by atoms with Crippen LogP contribution in [0.3, 0.4) is 0 Å². The minimum Gasteiger partial charge on any atom is -0.492 e. The number of nitrogens with zero attached hydrogens (tertiary/aromatic N) is 3. The molecule has 1 amide bonds. The van der Waals surface area contributed by atoms with Crippen LogP contribution in [0.2, 0.25) is 5.02 Å². The van der Waals surface area contributed by atoms with Gasteiger partial charge < -0.3 is 10.1 Å². The highest BCUT2D eigenvalue weighted by Crippen LogP contribution is 2.30. The summed E-state index contributed by atoms with van der Waals surface area (Å²) in [6.07, 6.45) is 5.64. The molecular formula is C24H25ClN4O4S. The molecule has 0 saturated carbocycles. The Bertz CT molecular complexity index is 1310. The van der Waals surface area contributed by atoms with Gasteiger partial charge in [-0.25, -0.2) is 18.4 Å². The Kier molecular flexibility index (Phi) is 8.25. The van der Waals surface area contributed by atoms with Crippen LogP contribution in [0, 0.1) is 0 Å². The van der Waals surface area contributed by atoms with Crippen LogP contribution in [-0.2, 0) is 21.2 Å². The highest BCUT2D eigenvalue weighted by Gasteiger charge is 2.19. The lowest BCUT2D eigenvalue weighted by Gasteiger charge is -2.10. The number of carbonyl (C=O) groups is 1. The van der Waals surface area contributed by atoms with Crippen molar-refractivity contribution < 1.29 is 17.9 Å². The average molecular weight is 501 g/mol. The maximum Gasteiger partial charge on any atom is 0.248 e. The SMILES string of the molecule is C=Nc1nccn1/C=C(\C)C(=O)NCc1ccc(S(=O)(=O)c2ccc(OCCC)c(Cl)c2)cc1. The number of aliphatic imine (C=N–C) groups is 1. The van der Waals surface area contributed by atoms with E-state index in [9.17, 15) is 13.2 Å². The van der Waals surface area contributed by atoms with Gasteiger partial charge in [-0.05, 0) is 56.0 Å². The number of amides is 1. The molecule has 0 aliphatic rings. The summed E-state index contributed by atoms with van der Waals surface area (Å²) in [6, 6.07) is 10.7. The molecule has 0 saturated heterocycles. The summed E-state index contributed by atoms with van der Waals surface area (Å²) in [7, 11) is -3.76. The second-order valence-electron chi connectivity index (χ2n) is 7.38. The Labute approximate surface area is 203 Å². The second-order valence-corrected chi connectivity index (χ2v) is 9.73. The van der Waals surface area contributed by atoms with E-state index >= 15 is 0 Å². The number of aromatic nitrogens is 2. The van der Waals surface area contributed by atoms with Gasteiger partial charge in [-0.15, -0.1) is 0 Å². The molecule has 0 radical (unpaired) electrons. The summed E-state index contributed by atoms with van der Waals surface area (Å²) in [5.41, 5.74) is 1.20. The van der Waals surface area contributed by atoms with Crippen LogP contribution in [0.1, 0.15) is 25.8 Å². The zero-order chi connectivity index (χ0) is 24.7. The number of halogens is 1. The van der Waals surface area contributed by atoms with Gasteiger partial charge in [0.1, 0.15) is 5.75 Å². The Balaban J connectivity index is 1.67. The van der Waals surface area contributed by atoms with E-state index in [1.807, 2.05) is 6.92 Å². The van der Waals surface area contributed by atoms with Crippen LogP contribution in [0.5, 0.6) is 5.75 Å². The minimum absolute atomic E-state index is 0.0797. The Morgan fingerprint density at radius 2 is 1.94 bits per heavy atom. The minimum atomic E-state index is -3.76. The predicted octanol–water partition coefficient (Wildman–Crippen LogP) is 4.67. The molecule has 3 rings (SSSR count). The van der Waals surface area contributed by atoms with E-state index in [0.29, 0.717) is 23.9 Å².